The fourth-order valence-corrected chi connectivity index (χ4v) is 2.23. The van der Waals surface area contributed by atoms with Gasteiger partial charge < -0.3 is 15.2 Å². The van der Waals surface area contributed by atoms with E-state index in [9.17, 15) is 9.50 Å². The number of aliphatic hydroxyl groups excluding tert-OH is 1. The van der Waals surface area contributed by atoms with Crippen LogP contribution in [0.2, 0.25) is 5.02 Å². The van der Waals surface area contributed by atoms with E-state index in [0.29, 0.717) is 25.2 Å². The predicted octanol–water partition coefficient (Wildman–Crippen LogP) is 1.89. The highest BCUT2D eigenvalue weighted by Crippen LogP contribution is 2.27. The Morgan fingerprint density at radius 2 is 2.41 bits per heavy atom. The highest BCUT2D eigenvalue weighted by atomic mass is 35.5. The normalized spacial score (nSPS) is 22.4. The molecular weight excluding hydrogens is 245 g/mol. The van der Waals surface area contributed by atoms with Crippen molar-refractivity contribution in [3.05, 3.63) is 34.6 Å². The molecule has 1 fully saturated rings. The lowest BCUT2D eigenvalue weighted by Gasteiger charge is -2.26. The molecule has 3 nitrogen and oxygen atoms in total. The maximum absolute atomic E-state index is 12.9. The zero-order chi connectivity index (χ0) is 12.3. The molecular formula is C12H15ClFNO2. The van der Waals surface area contributed by atoms with E-state index in [1.807, 2.05) is 0 Å². The lowest BCUT2D eigenvalue weighted by Crippen LogP contribution is -2.42. The van der Waals surface area contributed by atoms with Gasteiger partial charge in [0.1, 0.15) is 5.82 Å². The van der Waals surface area contributed by atoms with Crippen LogP contribution in [0.25, 0.3) is 0 Å². The van der Waals surface area contributed by atoms with Crippen LogP contribution in [0.15, 0.2) is 18.2 Å². The first-order valence-corrected chi connectivity index (χ1v) is 5.99. The first-order valence-electron chi connectivity index (χ1n) is 5.61. The van der Waals surface area contributed by atoms with Gasteiger partial charge in [-0.2, -0.15) is 0 Å². The molecule has 2 N–H and O–H groups in total. The Morgan fingerprint density at radius 1 is 1.59 bits per heavy atom. The number of nitrogens with one attached hydrogen (secondary N) is 1. The van der Waals surface area contributed by atoms with Crippen LogP contribution in [0, 0.1) is 5.82 Å². The van der Waals surface area contributed by atoms with Crippen LogP contribution >= 0.6 is 11.6 Å². The number of rotatable bonds is 3. The van der Waals surface area contributed by atoms with E-state index in [0.717, 1.165) is 6.54 Å². The Bertz CT molecular complexity index is 383. The molecule has 0 aromatic heterocycles. The highest BCUT2D eigenvalue weighted by molar-refractivity contribution is 6.31. The molecule has 5 heteroatoms. The molecule has 0 amide bonds. The van der Waals surface area contributed by atoms with Crippen molar-refractivity contribution in [2.75, 3.05) is 19.8 Å². The van der Waals surface area contributed by atoms with E-state index in [2.05, 4.69) is 5.32 Å². The molecule has 1 aromatic rings. The first-order chi connectivity index (χ1) is 8.16. The van der Waals surface area contributed by atoms with Crippen LogP contribution in [0.1, 0.15) is 18.1 Å². The molecule has 94 valence electrons. The van der Waals surface area contributed by atoms with Crippen molar-refractivity contribution >= 4 is 11.6 Å². The fourth-order valence-electron chi connectivity index (χ4n) is 1.94. The number of ether oxygens (including phenoxy) is 1. The molecule has 1 saturated heterocycles. The van der Waals surface area contributed by atoms with Crippen molar-refractivity contribution in [2.45, 2.75) is 18.6 Å². The zero-order valence-corrected chi connectivity index (χ0v) is 10.1. The Morgan fingerprint density at radius 3 is 3.06 bits per heavy atom. The van der Waals surface area contributed by atoms with E-state index < -0.39 is 11.9 Å². The molecule has 0 radical (unpaired) electrons. The summed E-state index contributed by atoms with van der Waals surface area (Å²) >= 11 is 5.89. The minimum atomic E-state index is -0.706. The topological polar surface area (TPSA) is 41.5 Å². The number of hydrogen-bond acceptors (Lipinski definition) is 3. The molecule has 17 heavy (non-hydrogen) atoms. The molecule has 1 aliphatic heterocycles. The van der Waals surface area contributed by atoms with Crippen molar-refractivity contribution in [1.82, 2.24) is 5.32 Å². The van der Waals surface area contributed by atoms with Gasteiger partial charge in [0.15, 0.2) is 0 Å². The number of hydrogen-bond donors (Lipinski definition) is 2. The maximum atomic E-state index is 12.9. The van der Waals surface area contributed by atoms with Gasteiger partial charge in [-0.25, -0.2) is 4.39 Å². The average molecular weight is 260 g/mol. The summed E-state index contributed by atoms with van der Waals surface area (Å²) in [5, 5.41) is 13.5. The second kappa shape index (κ2) is 5.78. The Balaban J connectivity index is 2.00. The summed E-state index contributed by atoms with van der Waals surface area (Å²) in [6.45, 7) is 2.06. The van der Waals surface area contributed by atoms with Gasteiger partial charge in [-0.3, -0.25) is 0 Å². The van der Waals surface area contributed by atoms with Crippen molar-refractivity contribution < 1.29 is 14.2 Å². The van der Waals surface area contributed by atoms with E-state index in [1.54, 1.807) is 0 Å². The van der Waals surface area contributed by atoms with Crippen LogP contribution in [-0.2, 0) is 4.74 Å². The SMILES string of the molecule is OC(CC1COCCN1)c1ccc(F)cc1Cl. The van der Waals surface area contributed by atoms with E-state index in [1.165, 1.54) is 18.2 Å². The van der Waals surface area contributed by atoms with Crippen LogP contribution in [0.4, 0.5) is 4.39 Å². The summed E-state index contributed by atoms with van der Waals surface area (Å²) in [7, 11) is 0. The second-order valence-corrected chi connectivity index (χ2v) is 4.55. The van der Waals surface area contributed by atoms with E-state index in [-0.39, 0.29) is 11.1 Å². The molecule has 2 atom stereocenters. The highest BCUT2D eigenvalue weighted by Gasteiger charge is 2.20. The molecule has 0 bridgehead atoms. The average Bonchev–Trinajstić information content (AvgIpc) is 2.30. The van der Waals surface area contributed by atoms with Gasteiger partial charge in [-0.1, -0.05) is 17.7 Å². The molecule has 2 rings (SSSR count). The summed E-state index contributed by atoms with van der Waals surface area (Å²) in [5.74, 6) is -0.398. The third kappa shape index (κ3) is 3.39. The van der Waals surface area contributed by atoms with Crippen LogP contribution in [0.3, 0.4) is 0 Å². The molecule has 0 aliphatic carbocycles. The van der Waals surface area contributed by atoms with Crippen LogP contribution in [-0.4, -0.2) is 30.9 Å². The fraction of sp³-hybridized carbons (Fsp3) is 0.500. The number of aliphatic hydroxyl groups is 1. The predicted molar refractivity (Wildman–Crippen MR) is 63.6 cm³/mol. The molecule has 1 aliphatic rings. The quantitative estimate of drug-likeness (QED) is 0.871. The molecule has 0 saturated carbocycles. The summed E-state index contributed by atoms with van der Waals surface area (Å²) in [4.78, 5) is 0. The second-order valence-electron chi connectivity index (χ2n) is 4.14. The van der Waals surface area contributed by atoms with Crippen LogP contribution < -0.4 is 5.32 Å². The van der Waals surface area contributed by atoms with Gasteiger partial charge in [0, 0.05) is 17.6 Å². The van der Waals surface area contributed by atoms with Gasteiger partial charge in [0.05, 0.1) is 19.3 Å². The summed E-state index contributed by atoms with van der Waals surface area (Å²) in [6, 6.07) is 4.14. The summed E-state index contributed by atoms with van der Waals surface area (Å²) in [5.41, 5.74) is 0.556. The number of benzene rings is 1. The standard InChI is InChI=1S/C12H15ClFNO2/c13-11-5-8(14)1-2-10(11)12(16)6-9-7-17-4-3-15-9/h1-2,5,9,12,15-16H,3-4,6-7H2. The van der Waals surface area contributed by atoms with Crippen LogP contribution in [0.5, 0.6) is 0 Å². The maximum Gasteiger partial charge on any atom is 0.124 e. The molecule has 1 aromatic carbocycles. The van der Waals surface area contributed by atoms with Gasteiger partial charge in [0.2, 0.25) is 0 Å². The monoisotopic (exact) mass is 259 g/mol. The Labute approximate surface area is 105 Å². The minimum Gasteiger partial charge on any atom is -0.388 e. The third-order valence-electron chi connectivity index (χ3n) is 2.83. The van der Waals surface area contributed by atoms with Gasteiger partial charge >= 0.3 is 0 Å². The molecule has 0 spiro atoms. The number of morpholine rings is 1. The Kier molecular flexibility index (Phi) is 4.34. The van der Waals surface area contributed by atoms with E-state index in [4.69, 9.17) is 16.3 Å². The molecule has 2 unspecified atom stereocenters. The van der Waals surface area contributed by atoms with Gasteiger partial charge in [-0.15, -0.1) is 0 Å². The van der Waals surface area contributed by atoms with Crippen molar-refractivity contribution in [2.24, 2.45) is 0 Å². The smallest absolute Gasteiger partial charge is 0.124 e. The first kappa shape index (κ1) is 12.8. The van der Waals surface area contributed by atoms with Crippen molar-refractivity contribution in [1.29, 1.82) is 0 Å². The third-order valence-corrected chi connectivity index (χ3v) is 3.16. The van der Waals surface area contributed by atoms with Crippen molar-refractivity contribution in [3.63, 3.8) is 0 Å². The zero-order valence-electron chi connectivity index (χ0n) is 9.33. The van der Waals surface area contributed by atoms with Gasteiger partial charge in [0.25, 0.3) is 0 Å². The largest absolute Gasteiger partial charge is 0.388 e. The summed E-state index contributed by atoms with van der Waals surface area (Å²) < 4.78 is 18.2. The lowest BCUT2D eigenvalue weighted by atomic mass is 10.0. The summed E-state index contributed by atoms with van der Waals surface area (Å²) in [6.07, 6.45) is -0.201. The molecule has 1 heterocycles. The minimum absolute atomic E-state index is 0.111. The van der Waals surface area contributed by atoms with Gasteiger partial charge in [-0.05, 0) is 24.1 Å². The lowest BCUT2D eigenvalue weighted by molar-refractivity contribution is 0.0519. The van der Waals surface area contributed by atoms with E-state index >= 15 is 0 Å². The Hall–Kier alpha value is -0.680. The number of halogens is 2. The van der Waals surface area contributed by atoms with Crippen molar-refractivity contribution in [3.8, 4) is 0 Å².